The van der Waals surface area contributed by atoms with Crippen molar-refractivity contribution >= 4 is 0 Å². The zero-order valence-corrected chi connectivity index (χ0v) is 10.8. The van der Waals surface area contributed by atoms with E-state index in [2.05, 4.69) is 31.0 Å². The number of hydrogen-bond acceptors (Lipinski definition) is 2. The van der Waals surface area contributed by atoms with E-state index in [1.807, 2.05) is 0 Å². The first kappa shape index (κ1) is 11.1. The Morgan fingerprint density at radius 1 is 1.29 bits per heavy atom. The van der Waals surface area contributed by atoms with Crippen molar-refractivity contribution in [3.63, 3.8) is 0 Å². The molecule has 92 valence electrons. The number of ether oxygens (including phenoxy) is 1. The molecule has 0 saturated carbocycles. The number of aryl methyl sites for hydroxylation is 1. The van der Waals surface area contributed by atoms with Crippen LogP contribution in [-0.2, 0) is 6.54 Å². The Balaban J connectivity index is 2.10. The van der Waals surface area contributed by atoms with E-state index in [1.165, 1.54) is 42.5 Å². The van der Waals surface area contributed by atoms with Crippen LogP contribution in [0.25, 0.3) is 0 Å². The summed E-state index contributed by atoms with van der Waals surface area (Å²) in [6, 6.07) is 4.56. The third-order valence-corrected chi connectivity index (χ3v) is 3.96. The summed E-state index contributed by atoms with van der Waals surface area (Å²) in [5, 5.41) is 0. The fourth-order valence-corrected chi connectivity index (χ4v) is 3.28. The van der Waals surface area contributed by atoms with E-state index in [-0.39, 0.29) is 0 Å². The van der Waals surface area contributed by atoms with Gasteiger partial charge >= 0.3 is 0 Å². The zero-order valence-electron chi connectivity index (χ0n) is 10.8. The highest BCUT2D eigenvalue weighted by molar-refractivity contribution is 5.47. The monoisotopic (exact) mass is 231 g/mol. The normalized spacial score (nSPS) is 24.5. The molecule has 0 amide bonds. The van der Waals surface area contributed by atoms with Gasteiger partial charge in [0.1, 0.15) is 5.75 Å². The Morgan fingerprint density at radius 3 is 3.06 bits per heavy atom. The molecule has 1 atom stereocenters. The van der Waals surface area contributed by atoms with Crippen LogP contribution in [0.5, 0.6) is 5.75 Å². The highest BCUT2D eigenvalue weighted by atomic mass is 16.5. The second-order valence-electron chi connectivity index (χ2n) is 5.57. The number of likely N-dealkylation sites (N-methyl/N-ethyl adjacent to an activating group) is 1. The standard InChI is InChI=1S/C15H21NO/c1-11-7-13-10-16(2)9-12-5-3-4-6-17-14(8-11)15(12)13/h7-8,12H,3-6,9-10H2,1-2H3. The summed E-state index contributed by atoms with van der Waals surface area (Å²) in [5.74, 6) is 1.84. The Labute approximate surface area is 104 Å². The number of rotatable bonds is 0. The van der Waals surface area contributed by atoms with E-state index in [9.17, 15) is 0 Å². The van der Waals surface area contributed by atoms with Crippen molar-refractivity contribution in [3.8, 4) is 5.75 Å². The van der Waals surface area contributed by atoms with Crippen LogP contribution in [0.1, 0.15) is 41.9 Å². The molecule has 0 aliphatic carbocycles. The van der Waals surface area contributed by atoms with E-state index in [0.29, 0.717) is 5.92 Å². The van der Waals surface area contributed by atoms with Gasteiger partial charge in [-0.1, -0.05) is 6.07 Å². The van der Waals surface area contributed by atoms with Crippen molar-refractivity contribution in [1.29, 1.82) is 0 Å². The summed E-state index contributed by atoms with van der Waals surface area (Å²) in [5.41, 5.74) is 4.32. The largest absolute Gasteiger partial charge is 0.493 e. The lowest BCUT2D eigenvalue weighted by Gasteiger charge is -2.35. The van der Waals surface area contributed by atoms with Crippen LogP contribution in [-0.4, -0.2) is 25.1 Å². The lowest BCUT2D eigenvalue weighted by molar-refractivity contribution is 0.237. The Morgan fingerprint density at radius 2 is 2.18 bits per heavy atom. The van der Waals surface area contributed by atoms with E-state index >= 15 is 0 Å². The van der Waals surface area contributed by atoms with Gasteiger partial charge in [0.15, 0.2) is 0 Å². The highest BCUT2D eigenvalue weighted by Crippen LogP contribution is 2.39. The third kappa shape index (κ3) is 2.06. The summed E-state index contributed by atoms with van der Waals surface area (Å²) in [6.07, 6.45) is 3.81. The average molecular weight is 231 g/mol. The minimum atomic E-state index is 0.680. The van der Waals surface area contributed by atoms with Crippen LogP contribution in [0.15, 0.2) is 12.1 Å². The molecule has 0 saturated heterocycles. The topological polar surface area (TPSA) is 12.5 Å². The molecule has 0 spiro atoms. The summed E-state index contributed by atoms with van der Waals surface area (Å²) in [6.45, 7) is 5.32. The molecule has 2 heteroatoms. The maximum atomic E-state index is 5.97. The molecular formula is C15H21NO. The molecular weight excluding hydrogens is 210 g/mol. The molecule has 2 aliphatic heterocycles. The quantitative estimate of drug-likeness (QED) is 0.680. The van der Waals surface area contributed by atoms with E-state index in [4.69, 9.17) is 4.74 Å². The summed E-state index contributed by atoms with van der Waals surface area (Å²) in [7, 11) is 2.23. The van der Waals surface area contributed by atoms with Crippen LogP contribution < -0.4 is 4.74 Å². The van der Waals surface area contributed by atoms with Gasteiger partial charge in [0.25, 0.3) is 0 Å². The molecule has 0 N–H and O–H groups in total. The van der Waals surface area contributed by atoms with E-state index < -0.39 is 0 Å². The van der Waals surface area contributed by atoms with Crippen LogP contribution in [0.2, 0.25) is 0 Å². The van der Waals surface area contributed by atoms with Gasteiger partial charge in [-0.2, -0.15) is 0 Å². The van der Waals surface area contributed by atoms with Crippen molar-refractivity contribution in [2.45, 2.75) is 38.6 Å². The number of hydrogen-bond donors (Lipinski definition) is 0. The van der Waals surface area contributed by atoms with Gasteiger partial charge in [0.05, 0.1) is 6.61 Å². The summed E-state index contributed by atoms with van der Waals surface area (Å²) >= 11 is 0. The predicted octanol–water partition coefficient (Wildman–Crippen LogP) is 3.09. The molecule has 17 heavy (non-hydrogen) atoms. The minimum Gasteiger partial charge on any atom is -0.493 e. The molecule has 2 aliphatic rings. The van der Waals surface area contributed by atoms with Gasteiger partial charge in [-0.25, -0.2) is 0 Å². The van der Waals surface area contributed by atoms with Gasteiger partial charge in [-0.05, 0) is 50.4 Å². The fourth-order valence-electron chi connectivity index (χ4n) is 3.28. The highest BCUT2D eigenvalue weighted by Gasteiger charge is 2.27. The second-order valence-corrected chi connectivity index (χ2v) is 5.57. The number of nitrogens with zero attached hydrogens (tertiary/aromatic N) is 1. The Bertz CT molecular complexity index is 410. The van der Waals surface area contributed by atoms with Crippen LogP contribution in [0.3, 0.4) is 0 Å². The first-order valence-corrected chi connectivity index (χ1v) is 6.69. The molecule has 3 rings (SSSR count). The molecule has 2 nitrogen and oxygen atoms in total. The molecule has 0 fully saturated rings. The molecule has 0 aromatic heterocycles. The molecule has 0 bridgehead atoms. The smallest absolute Gasteiger partial charge is 0.123 e. The molecule has 2 heterocycles. The third-order valence-electron chi connectivity index (χ3n) is 3.96. The predicted molar refractivity (Wildman–Crippen MR) is 69.6 cm³/mol. The zero-order chi connectivity index (χ0) is 11.8. The maximum Gasteiger partial charge on any atom is 0.123 e. The van der Waals surface area contributed by atoms with Crippen LogP contribution in [0.4, 0.5) is 0 Å². The number of benzene rings is 1. The molecule has 1 unspecified atom stereocenters. The van der Waals surface area contributed by atoms with Crippen molar-refractivity contribution < 1.29 is 4.74 Å². The van der Waals surface area contributed by atoms with E-state index in [1.54, 1.807) is 0 Å². The van der Waals surface area contributed by atoms with Crippen LogP contribution >= 0.6 is 0 Å². The van der Waals surface area contributed by atoms with Crippen LogP contribution in [0, 0.1) is 6.92 Å². The maximum absolute atomic E-state index is 5.97. The van der Waals surface area contributed by atoms with Crippen molar-refractivity contribution in [3.05, 3.63) is 28.8 Å². The lowest BCUT2D eigenvalue weighted by atomic mass is 9.84. The minimum absolute atomic E-state index is 0.680. The lowest BCUT2D eigenvalue weighted by Crippen LogP contribution is -2.31. The van der Waals surface area contributed by atoms with Gasteiger partial charge in [0, 0.05) is 24.6 Å². The molecule has 1 aromatic carbocycles. The van der Waals surface area contributed by atoms with Gasteiger partial charge < -0.3 is 9.64 Å². The molecule has 0 radical (unpaired) electrons. The van der Waals surface area contributed by atoms with Gasteiger partial charge in [-0.15, -0.1) is 0 Å². The Hall–Kier alpha value is -1.02. The van der Waals surface area contributed by atoms with Crippen molar-refractivity contribution in [2.24, 2.45) is 0 Å². The molecule has 1 aromatic rings. The van der Waals surface area contributed by atoms with Gasteiger partial charge in [-0.3, -0.25) is 0 Å². The van der Waals surface area contributed by atoms with Crippen molar-refractivity contribution in [2.75, 3.05) is 20.2 Å². The van der Waals surface area contributed by atoms with Gasteiger partial charge in [0.2, 0.25) is 0 Å². The first-order chi connectivity index (χ1) is 8.24. The summed E-state index contributed by atoms with van der Waals surface area (Å²) in [4.78, 5) is 2.44. The second kappa shape index (κ2) is 4.34. The average Bonchev–Trinajstić information content (AvgIpc) is 2.23. The fraction of sp³-hybridized carbons (Fsp3) is 0.600. The SMILES string of the molecule is Cc1cc2c3c(c1)OCCCCC3CN(C)C2. The first-order valence-electron chi connectivity index (χ1n) is 6.69. The summed E-state index contributed by atoms with van der Waals surface area (Å²) < 4.78 is 5.97. The van der Waals surface area contributed by atoms with Crippen molar-refractivity contribution in [1.82, 2.24) is 4.90 Å². The van der Waals surface area contributed by atoms with E-state index in [0.717, 1.165) is 18.9 Å². The Kier molecular flexibility index (Phi) is 2.83.